The highest BCUT2D eigenvalue weighted by Gasteiger charge is 2.18. The van der Waals surface area contributed by atoms with E-state index in [1.54, 1.807) is 18.9 Å². The summed E-state index contributed by atoms with van der Waals surface area (Å²) in [5, 5.41) is 7.18. The summed E-state index contributed by atoms with van der Waals surface area (Å²) in [4.78, 5) is 16.9. The first-order valence-corrected chi connectivity index (χ1v) is 8.58. The van der Waals surface area contributed by atoms with Gasteiger partial charge in [0.1, 0.15) is 5.75 Å². The maximum atomic E-state index is 12.4. The van der Waals surface area contributed by atoms with Crippen molar-refractivity contribution in [1.29, 1.82) is 0 Å². The highest BCUT2D eigenvalue weighted by atomic mass is 16.5. The van der Waals surface area contributed by atoms with E-state index >= 15 is 0 Å². The van der Waals surface area contributed by atoms with Crippen molar-refractivity contribution in [1.82, 2.24) is 20.1 Å². The summed E-state index contributed by atoms with van der Waals surface area (Å²) in [6.45, 7) is 2.83. The fraction of sp³-hybridized carbons (Fsp3) is 0.250. The summed E-state index contributed by atoms with van der Waals surface area (Å²) in [6, 6.07) is 15.4. The molecule has 0 bridgehead atoms. The lowest BCUT2D eigenvalue weighted by atomic mass is 10.1. The third-order valence-electron chi connectivity index (χ3n) is 4.00. The third-order valence-corrected chi connectivity index (χ3v) is 4.00. The van der Waals surface area contributed by atoms with Gasteiger partial charge in [0.25, 0.3) is 5.91 Å². The van der Waals surface area contributed by atoms with Crippen molar-refractivity contribution in [3.63, 3.8) is 0 Å². The quantitative estimate of drug-likeness (QED) is 0.651. The zero-order valence-corrected chi connectivity index (χ0v) is 15.6. The highest BCUT2D eigenvalue weighted by molar-refractivity contribution is 5.91. The van der Waals surface area contributed by atoms with Gasteiger partial charge in [0.15, 0.2) is 5.82 Å². The Hall–Kier alpha value is -3.19. The molecule has 0 saturated carbocycles. The number of hydrogen-bond acceptors (Lipinski definition) is 5. The number of carbonyl (C=O) groups excluding carboxylic acids is 1. The Kier molecular flexibility index (Phi) is 5.83. The first kappa shape index (κ1) is 18.6. The van der Waals surface area contributed by atoms with E-state index in [0.717, 1.165) is 22.6 Å². The van der Waals surface area contributed by atoms with Gasteiger partial charge in [-0.15, -0.1) is 5.10 Å². The number of amides is 1. The molecule has 0 saturated heterocycles. The Labute approximate surface area is 158 Å². The van der Waals surface area contributed by atoms with Gasteiger partial charge >= 0.3 is 0 Å². The Morgan fingerprint density at radius 1 is 1.15 bits per heavy atom. The molecule has 1 amide bonds. The molecule has 0 atom stereocenters. The lowest BCUT2D eigenvalue weighted by molar-refractivity contribution is 0.0927. The fourth-order valence-corrected chi connectivity index (χ4v) is 2.63. The summed E-state index contributed by atoms with van der Waals surface area (Å²) < 4.78 is 11.8. The minimum absolute atomic E-state index is 0.110. The number of ether oxygens (including phenoxy) is 2. The normalized spacial score (nSPS) is 10.6. The van der Waals surface area contributed by atoms with Crippen molar-refractivity contribution in [3.8, 4) is 22.8 Å². The van der Waals surface area contributed by atoms with E-state index in [1.807, 2.05) is 55.5 Å². The number of benzene rings is 2. The Morgan fingerprint density at radius 3 is 2.59 bits per heavy atom. The van der Waals surface area contributed by atoms with Gasteiger partial charge in [-0.3, -0.25) is 4.79 Å². The summed E-state index contributed by atoms with van der Waals surface area (Å²) in [6.07, 6.45) is 0. The summed E-state index contributed by atoms with van der Waals surface area (Å²) in [7, 11) is 3.20. The molecule has 1 aromatic heterocycles. The molecule has 1 heterocycles. The minimum atomic E-state index is -0.340. The molecule has 0 fully saturated rings. The maximum absolute atomic E-state index is 12.4. The lowest BCUT2D eigenvalue weighted by Crippen LogP contribution is -2.28. The van der Waals surface area contributed by atoms with Gasteiger partial charge in [0.05, 0.1) is 19.4 Å². The van der Waals surface area contributed by atoms with Crippen molar-refractivity contribution >= 4 is 5.91 Å². The fourth-order valence-electron chi connectivity index (χ4n) is 2.63. The number of carbonyl (C=O) groups is 1. The van der Waals surface area contributed by atoms with Crippen LogP contribution in [0, 0.1) is 6.92 Å². The van der Waals surface area contributed by atoms with E-state index in [2.05, 4.69) is 15.4 Å². The van der Waals surface area contributed by atoms with Crippen LogP contribution in [-0.4, -0.2) is 48.0 Å². The van der Waals surface area contributed by atoms with Crippen molar-refractivity contribution < 1.29 is 14.3 Å². The molecule has 0 radical (unpaired) electrons. The van der Waals surface area contributed by atoms with Crippen LogP contribution in [0.5, 0.6) is 5.75 Å². The average Bonchev–Trinajstić information content (AvgIpc) is 3.14. The minimum Gasteiger partial charge on any atom is -0.497 e. The van der Waals surface area contributed by atoms with Crippen molar-refractivity contribution in [3.05, 3.63) is 59.9 Å². The smallest absolute Gasteiger partial charge is 0.291 e. The van der Waals surface area contributed by atoms with E-state index in [9.17, 15) is 4.79 Å². The summed E-state index contributed by atoms with van der Waals surface area (Å²) in [5.74, 6) is 1.11. The van der Waals surface area contributed by atoms with E-state index in [-0.39, 0.29) is 11.7 Å². The van der Waals surface area contributed by atoms with Gasteiger partial charge in [-0.2, -0.15) is 0 Å². The van der Waals surface area contributed by atoms with Crippen LogP contribution in [0.1, 0.15) is 16.2 Å². The van der Waals surface area contributed by atoms with Crippen LogP contribution in [0.3, 0.4) is 0 Å². The molecular formula is C20H22N4O3. The second-order valence-electron chi connectivity index (χ2n) is 5.99. The van der Waals surface area contributed by atoms with Crippen LogP contribution in [-0.2, 0) is 4.74 Å². The second-order valence-corrected chi connectivity index (χ2v) is 5.99. The molecule has 0 spiro atoms. The molecule has 3 rings (SSSR count). The Balaban J connectivity index is 2.02. The number of methoxy groups -OCH3 is 2. The van der Waals surface area contributed by atoms with Crippen molar-refractivity contribution in [2.75, 3.05) is 27.4 Å². The van der Waals surface area contributed by atoms with Gasteiger partial charge in [-0.1, -0.05) is 23.8 Å². The molecule has 2 aromatic carbocycles. The van der Waals surface area contributed by atoms with Gasteiger partial charge in [-0.25, -0.2) is 9.67 Å². The van der Waals surface area contributed by atoms with Crippen LogP contribution < -0.4 is 10.1 Å². The van der Waals surface area contributed by atoms with E-state index in [4.69, 9.17) is 9.47 Å². The molecule has 1 N–H and O–H groups in total. The number of nitrogens with zero attached hydrogens (tertiary/aromatic N) is 3. The predicted octanol–water partition coefficient (Wildman–Crippen LogP) is 2.63. The SMILES string of the molecule is COCCNC(=O)c1nc(-c2cccc(C)c2)n(-c2ccc(OC)cc2)n1. The van der Waals surface area contributed by atoms with Crippen LogP contribution in [0.4, 0.5) is 0 Å². The topological polar surface area (TPSA) is 78.3 Å². The average molecular weight is 366 g/mol. The molecule has 0 unspecified atom stereocenters. The lowest BCUT2D eigenvalue weighted by Gasteiger charge is -2.07. The molecule has 0 aliphatic heterocycles. The zero-order valence-electron chi connectivity index (χ0n) is 15.6. The van der Waals surface area contributed by atoms with Crippen molar-refractivity contribution in [2.45, 2.75) is 6.92 Å². The number of nitrogens with one attached hydrogen (secondary N) is 1. The predicted molar refractivity (Wildman–Crippen MR) is 102 cm³/mol. The number of hydrogen-bond donors (Lipinski definition) is 1. The summed E-state index contributed by atoms with van der Waals surface area (Å²) >= 11 is 0. The van der Waals surface area contributed by atoms with Crippen molar-refractivity contribution in [2.24, 2.45) is 0 Å². The maximum Gasteiger partial charge on any atom is 0.291 e. The van der Waals surface area contributed by atoms with Crippen LogP contribution in [0.2, 0.25) is 0 Å². The highest BCUT2D eigenvalue weighted by Crippen LogP contribution is 2.23. The molecule has 7 nitrogen and oxygen atoms in total. The van der Waals surface area contributed by atoms with Gasteiger partial charge in [-0.05, 0) is 37.3 Å². The number of aromatic nitrogens is 3. The molecule has 0 aliphatic rings. The molecule has 0 aliphatic carbocycles. The second kappa shape index (κ2) is 8.46. The molecular weight excluding hydrogens is 344 g/mol. The molecule has 140 valence electrons. The van der Waals surface area contributed by atoms with E-state index in [1.165, 1.54) is 0 Å². The standard InChI is InChI=1S/C20H22N4O3/c1-14-5-4-6-15(13-14)19-22-18(20(25)21-11-12-26-2)23-24(19)16-7-9-17(27-3)10-8-16/h4-10,13H,11-12H2,1-3H3,(H,21,25). The number of rotatable bonds is 7. The van der Waals surface area contributed by atoms with Gasteiger partial charge < -0.3 is 14.8 Å². The monoisotopic (exact) mass is 366 g/mol. The Bertz CT molecular complexity index is 919. The first-order valence-electron chi connectivity index (χ1n) is 8.58. The third kappa shape index (κ3) is 4.32. The largest absolute Gasteiger partial charge is 0.497 e. The molecule has 3 aromatic rings. The van der Waals surface area contributed by atoms with Crippen LogP contribution >= 0.6 is 0 Å². The van der Waals surface area contributed by atoms with Crippen LogP contribution in [0.25, 0.3) is 17.1 Å². The summed E-state index contributed by atoms with van der Waals surface area (Å²) in [5.41, 5.74) is 2.77. The van der Waals surface area contributed by atoms with Gasteiger partial charge in [0.2, 0.25) is 5.82 Å². The Morgan fingerprint density at radius 2 is 1.93 bits per heavy atom. The number of aryl methyl sites for hydroxylation is 1. The van der Waals surface area contributed by atoms with E-state index in [0.29, 0.717) is 19.0 Å². The van der Waals surface area contributed by atoms with E-state index < -0.39 is 0 Å². The van der Waals surface area contributed by atoms with Crippen LogP contribution in [0.15, 0.2) is 48.5 Å². The first-order chi connectivity index (χ1) is 13.1. The zero-order chi connectivity index (χ0) is 19.2. The molecule has 27 heavy (non-hydrogen) atoms. The van der Waals surface area contributed by atoms with Gasteiger partial charge in [0, 0.05) is 19.2 Å². The molecule has 7 heteroatoms.